The van der Waals surface area contributed by atoms with E-state index in [1.807, 2.05) is 0 Å². The van der Waals surface area contributed by atoms with E-state index in [0.717, 1.165) is 0 Å². The van der Waals surface area contributed by atoms with Crippen LogP contribution in [0.25, 0.3) is 0 Å². The van der Waals surface area contributed by atoms with E-state index in [1.165, 1.54) is 14.2 Å². The van der Waals surface area contributed by atoms with Gasteiger partial charge in [0.25, 0.3) is 0 Å². The minimum atomic E-state index is -3.76. The van der Waals surface area contributed by atoms with Crippen LogP contribution in [0.3, 0.4) is 0 Å². The predicted octanol–water partition coefficient (Wildman–Crippen LogP) is 3.09. The first-order valence-electron chi connectivity index (χ1n) is 7.81. The van der Waals surface area contributed by atoms with Gasteiger partial charge in [-0.1, -0.05) is 27.7 Å². The Bertz CT molecular complexity index is 339. The van der Waals surface area contributed by atoms with Crippen molar-refractivity contribution in [2.24, 2.45) is 11.8 Å². The Kier molecular flexibility index (Phi) is 7.25. The van der Waals surface area contributed by atoms with E-state index in [1.54, 1.807) is 27.7 Å². The molecule has 4 unspecified atom stereocenters. The van der Waals surface area contributed by atoms with Crippen molar-refractivity contribution in [3.05, 3.63) is 0 Å². The molecule has 0 aromatic heterocycles. The Morgan fingerprint density at radius 1 is 0.826 bits per heavy atom. The van der Waals surface area contributed by atoms with Gasteiger partial charge in [0.05, 0.1) is 13.2 Å². The summed E-state index contributed by atoms with van der Waals surface area (Å²) in [6.07, 6.45) is -7.81. The van der Waals surface area contributed by atoms with Crippen molar-refractivity contribution in [1.82, 2.24) is 9.80 Å². The normalized spacial score (nSPS) is 28.7. The number of ether oxygens (including phenoxy) is 2. The highest BCUT2D eigenvalue weighted by atomic mass is 19.3. The Balaban J connectivity index is 3.33. The zero-order valence-electron chi connectivity index (χ0n) is 14.6. The molecule has 23 heavy (non-hydrogen) atoms. The summed E-state index contributed by atoms with van der Waals surface area (Å²) in [6, 6.07) is -1.68. The quantitative estimate of drug-likeness (QED) is 0.499. The molecule has 0 aromatic carbocycles. The predicted molar refractivity (Wildman–Crippen MR) is 79.4 cm³/mol. The smallest absolute Gasteiger partial charge is 0.374 e. The zero-order chi connectivity index (χ0) is 17.9. The average molecular weight is 344 g/mol. The van der Waals surface area contributed by atoms with Crippen LogP contribution < -0.4 is 0 Å². The van der Waals surface area contributed by atoms with Gasteiger partial charge in [-0.3, -0.25) is 0 Å². The first kappa shape index (κ1) is 20.6. The molecule has 1 rings (SSSR count). The van der Waals surface area contributed by atoms with Gasteiger partial charge in [-0.2, -0.15) is 18.6 Å². The van der Waals surface area contributed by atoms with Crippen molar-refractivity contribution in [3.63, 3.8) is 0 Å². The number of hydrogen-bond donors (Lipinski definition) is 0. The number of nitrogens with zero attached hydrogens (tertiary/aromatic N) is 2. The Morgan fingerprint density at radius 3 is 1.35 bits per heavy atom. The average Bonchev–Trinajstić information content (AvgIpc) is 2.67. The number of methoxy groups -OCH3 is 2. The second kappa shape index (κ2) is 8.09. The van der Waals surface area contributed by atoms with Gasteiger partial charge < -0.3 is 9.47 Å². The monoisotopic (exact) mass is 344 g/mol. The summed E-state index contributed by atoms with van der Waals surface area (Å²) in [5.74, 6) is -0.578. The second-order valence-corrected chi connectivity index (χ2v) is 6.57. The highest BCUT2D eigenvalue weighted by molar-refractivity contribution is 5.02. The summed E-state index contributed by atoms with van der Waals surface area (Å²) >= 11 is 0. The van der Waals surface area contributed by atoms with Gasteiger partial charge >= 0.3 is 6.17 Å². The minimum absolute atomic E-state index is 0.289. The lowest BCUT2D eigenvalue weighted by Gasteiger charge is -2.34. The van der Waals surface area contributed by atoms with Crippen molar-refractivity contribution in [3.8, 4) is 0 Å². The van der Waals surface area contributed by atoms with E-state index in [4.69, 9.17) is 0 Å². The molecule has 0 aromatic rings. The van der Waals surface area contributed by atoms with Crippen LogP contribution >= 0.6 is 0 Å². The molecular weight excluding hydrogens is 316 g/mol. The molecule has 138 valence electrons. The van der Waals surface area contributed by atoms with Crippen LogP contribution in [-0.2, 0) is 9.47 Å². The van der Waals surface area contributed by atoms with Gasteiger partial charge in [0.15, 0.2) is 12.6 Å². The number of rotatable bonds is 8. The van der Waals surface area contributed by atoms with Gasteiger partial charge in [0, 0.05) is 26.3 Å². The Morgan fingerprint density at radius 2 is 1.13 bits per heavy atom. The summed E-state index contributed by atoms with van der Waals surface area (Å²) in [5, 5.41) is 0. The third-order valence-electron chi connectivity index (χ3n) is 4.19. The van der Waals surface area contributed by atoms with E-state index < -0.39 is 44.1 Å². The van der Waals surface area contributed by atoms with Crippen LogP contribution in [0.15, 0.2) is 0 Å². The molecule has 4 atom stereocenters. The molecule has 8 heteroatoms. The van der Waals surface area contributed by atoms with Crippen LogP contribution in [0, 0.1) is 11.8 Å². The van der Waals surface area contributed by atoms with Gasteiger partial charge in [-0.15, -0.1) is 0 Å². The first-order valence-corrected chi connectivity index (χ1v) is 7.81. The molecule has 1 aliphatic rings. The lowest BCUT2D eigenvalue weighted by Crippen LogP contribution is -2.55. The molecule has 1 fully saturated rings. The number of alkyl halides is 4. The standard InChI is InChI=1S/C15H28F4N2O2/c1-9(2)13-14(10(3)4)21(12(17)8-23-6)15(18,19)20(13)11(16)7-22-5/h9-14H,7-8H2,1-6H3. The van der Waals surface area contributed by atoms with E-state index in [-0.39, 0.29) is 11.8 Å². The largest absolute Gasteiger partial charge is 0.380 e. The lowest BCUT2D eigenvalue weighted by molar-refractivity contribution is -0.276. The van der Waals surface area contributed by atoms with Gasteiger partial charge in [-0.25, -0.2) is 8.78 Å². The molecule has 0 N–H and O–H groups in total. The Labute approximate surface area is 135 Å². The van der Waals surface area contributed by atoms with Crippen molar-refractivity contribution in [2.75, 3.05) is 27.4 Å². The molecule has 0 aliphatic carbocycles. The molecule has 0 amide bonds. The fraction of sp³-hybridized carbons (Fsp3) is 1.00. The first-order chi connectivity index (χ1) is 10.6. The number of halogens is 4. The highest BCUT2D eigenvalue weighted by Gasteiger charge is 2.65. The fourth-order valence-corrected chi connectivity index (χ4v) is 3.40. The summed E-state index contributed by atoms with van der Waals surface area (Å²) in [4.78, 5) is 0.905. The maximum Gasteiger partial charge on any atom is 0.374 e. The molecule has 0 saturated carbocycles. The van der Waals surface area contributed by atoms with Crippen molar-refractivity contribution < 1.29 is 27.0 Å². The lowest BCUT2D eigenvalue weighted by atomic mass is 9.88. The van der Waals surface area contributed by atoms with Crippen LogP contribution in [0.2, 0.25) is 0 Å². The third-order valence-corrected chi connectivity index (χ3v) is 4.19. The van der Waals surface area contributed by atoms with E-state index in [9.17, 15) is 17.6 Å². The summed E-state index contributed by atoms with van der Waals surface area (Å²) in [7, 11) is 2.48. The summed E-state index contributed by atoms with van der Waals surface area (Å²) in [6.45, 7) is 5.92. The van der Waals surface area contributed by atoms with E-state index in [0.29, 0.717) is 9.80 Å². The molecule has 0 bridgehead atoms. The molecule has 1 saturated heterocycles. The van der Waals surface area contributed by atoms with E-state index >= 15 is 0 Å². The third kappa shape index (κ3) is 3.97. The maximum atomic E-state index is 14.9. The van der Waals surface area contributed by atoms with E-state index in [2.05, 4.69) is 9.47 Å². The molecule has 0 spiro atoms. The molecule has 0 radical (unpaired) electrons. The van der Waals surface area contributed by atoms with Gasteiger partial charge in [0.1, 0.15) is 0 Å². The van der Waals surface area contributed by atoms with Crippen LogP contribution in [0.5, 0.6) is 0 Å². The topological polar surface area (TPSA) is 24.9 Å². The van der Waals surface area contributed by atoms with Crippen molar-refractivity contribution in [1.29, 1.82) is 0 Å². The fourth-order valence-electron chi connectivity index (χ4n) is 3.40. The van der Waals surface area contributed by atoms with Crippen molar-refractivity contribution >= 4 is 0 Å². The molecular formula is C15H28F4N2O2. The van der Waals surface area contributed by atoms with Crippen molar-refractivity contribution in [2.45, 2.75) is 58.5 Å². The summed E-state index contributed by atoms with van der Waals surface area (Å²) in [5.41, 5.74) is 0. The molecule has 1 heterocycles. The zero-order valence-corrected chi connectivity index (χ0v) is 14.6. The van der Waals surface area contributed by atoms with Gasteiger partial charge in [-0.05, 0) is 11.8 Å². The minimum Gasteiger partial charge on any atom is -0.380 e. The SMILES string of the molecule is COCC(F)N1C(C(C)C)C(C(C)C)N(C(F)COC)C1(F)F. The van der Waals surface area contributed by atoms with Crippen LogP contribution in [0.4, 0.5) is 17.6 Å². The molecule has 4 nitrogen and oxygen atoms in total. The number of hydrogen-bond acceptors (Lipinski definition) is 4. The van der Waals surface area contributed by atoms with Crippen LogP contribution in [-0.4, -0.2) is 68.1 Å². The molecule has 1 aliphatic heterocycles. The highest BCUT2D eigenvalue weighted by Crippen LogP contribution is 2.46. The Hall–Kier alpha value is -0.440. The maximum absolute atomic E-state index is 14.9. The van der Waals surface area contributed by atoms with Gasteiger partial charge in [0.2, 0.25) is 0 Å². The van der Waals surface area contributed by atoms with Crippen LogP contribution in [0.1, 0.15) is 27.7 Å². The summed E-state index contributed by atoms with van der Waals surface area (Å²) < 4.78 is 68.0. The second-order valence-electron chi connectivity index (χ2n) is 6.57.